The van der Waals surface area contributed by atoms with Crippen LogP contribution < -0.4 is 11.1 Å². The van der Waals surface area contributed by atoms with E-state index >= 15 is 0 Å². The van der Waals surface area contributed by atoms with Gasteiger partial charge in [0.05, 0.1) is 0 Å². The molecule has 2 aromatic carbocycles. The summed E-state index contributed by atoms with van der Waals surface area (Å²) in [6, 6.07) is 11.6. The highest BCUT2D eigenvalue weighted by Gasteiger charge is 2.04. The van der Waals surface area contributed by atoms with Gasteiger partial charge in [0.25, 0.3) is 0 Å². The van der Waals surface area contributed by atoms with Crippen LogP contribution in [0.2, 0.25) is 5.02 Å². The highest BCUT2D eigenvalue weighted by molar-refractivity contribution is 6.30. The van der Waals surface area contributed by atoms with Crippen LogP contribution in [0.5, 0.6) is 0 Å². The molecular formula is C15H14ClFN2O. The fourth-order valence-corrected chi connectivity index (χ4v) is 2.00. The van der Waals surface area contributed by atoms with Gasteiger partial charge in [0, 0.05) is 29.2 Å². The average Bonchev–Trinajstić information content (AvgIpc) is 2.41. The summed E-state index contributed by atoms with van der Waals surface area (Å²) in [6.07, 6.45) is 0. The molecule has 0 saturated carbocycles. The second-order valence-corrected chi connectivity index (χ2v) is 4.84. The molecule has 0 radical (unpaired) electrons. The zero-order valence-corrected chi connectivity index (χ0v) is 11.5. The van der Waals surface area contributed by atoms with E-state index in [0.717, 1.165) is 5.56 Å². The Kier molecular flexibility index (Phi) is 4.71. The number of nitrogens with two attached hydrogens (primary N) is 1. The van der Waals surface area contributed by atoms with Gasteiger partial charge in [0.1, 0.15) is 5.82 Å². The molecule has 5 heteroatoms. The van der Waals surface area contributed by atoms with Gasteiger partial charge in [-0.1, -0.05) is 29.8 Å². The lowest BCUT2D eigenvalue weighted by molar-refractivity contribution is 0.1000. The Morgan fingerprint density at radius 1 is 1.20 bits per heavy atom. The van der Waals surface area contributed by atoms with E-state index in [2.05, 4.69) is 5.32 Å². The minimum Gasteiger partial charge on any atom is -0.366 e. The van der Waals surface area contributed by atoms with Crippen LogP contribution in [-0.4, -0.2) is 5.91 Å². The summed E-state index contributed by atoms with van der Waals surface area (Å²) in [7, 11) is 0. The molecule has 3 N–H and O–H groups in total. The predicted octanol–water partition coefficient (Wildman–Crippen LogP) is 2.87. The normalized spacial score (nSPS) is 10.5. The summed E-state index contributed by atoms with van der Waals surface area (Å²) < 4.78 is 13.6. The molecule has 0 bridgehead atoms. The van der Waals surface area contributed by atoms with Crippen molar-refractivity contribution < 1.29 is 9.18 Å². The molecule has 2 rings (SSSR count). The van der Waals surface area contributed by atoms with E-state index in [9.17, 15) is 9.18 Å². The molecule has 2 aromatic rings. The molecule has 0 aliphatic rings. The molecule has 0 fully saturated rings. The third-order valence-electron chi connectivity index (χ3n) is 2.87. The number of amides is 1. The Hall–Kier alpha value is -1.91. The van der Waals surface area contributed by atoms with Crippen molar-refractivity contribution in [1.82, 2.24) is 5.32 Å². The SMILES string of the molecule is NC(=O)c1cccc(CNCc2ccc(Cl)cc2F)c1. The van der Waals surface area contributed by atoms with Crippen LogP contribution in [0.25, 0.3) is 0 Å². The number of primary amides is 1. The van der Waals surface area contributed by atoms with Gasteiger partial charge in [-0.05, 0) is 29.8 Å². The fourth-order valence-electron chi connectivity index (χ4n) is 1.84. The standard InChI is InChI=1S/C15H14ClFN2O/c16-13-5-4-12(14(17)7-13)9-19-8-10-2-1-3-11(6-10)15(18)20/h1-7,19H,8-9H2,(H2,18,20). The topological polar surface area (TPSA) is 55.1 Å². The lowest BCUT2D eigenvalue weighted by Gasteiger charge is -2.07. The van der Waals surface area contributed by atoms with E-state index in [4.69, 9.17) is 17.3 Å². The molecule has 0 aromatic heterocycles. The lowest BCUT2D eigenvalue weighted by Crippen LogP contribution is -2.15. The van der Waals surface area contributed by atoms with E-state index in [-0.39, 0.29) is 5.82 Å². The van der Waals surface area contributed by atoms with Crippen molar-refractivity contribution in [2.24, 2.45) is 5.73 Å². The van der Waals surface area contributed by atoms with Crippen LogP contribution in [0, 0.1) is 5.82 Å². The Morgan fingerprint density at radius 2 is 2.00 bits per heavy atom. The highest BCUT2D eigenvalue weighted by atomic mass is 35.5. The van der Waals surface area contributed by atoms with E-state index in [0.29, 0.717) is 29.2 Å². The van der Waals surface area contributed by atoms with Gasteiger partial charge < -0.3 is 11.1 Å². The Bertz CT molecular complexity index is 631. The van der Waals surface area contributed by atoms with Crippen LogP contribution in [0.15, 0.2) is 42.5 Å². The fraction of sp³-hybridized carbons (Fsp3) is 0.133. The smallest absolute Gasteiger partial charge is 0.248 e. The van der Waals surface area contributed by atoms with Gasteiger partial charge in [0.2, 0.25) is 5.91 Å². The summed E-state index contributed by atoms with van der Waals surface area (Å²) >= 11 is 5.69. The van der Waals surface area contributed by atoms with Gasteiger partial charge in [-0.3, -0.25) is 4.79 Å². The molecule has 0 atom stereocenters. The van der Waals surface area contributed by atoms with Gasteiger partial charge in [-0.25, -0.2) is 4.39 Å². The monoisotopic (exact) mass is 292 g/mol. The Morgan fingerprint density at radius 3 is 2.70 bits per heavy atom. The molecule has 0 saturated heterocycles. The summed E-state index contributed by atoms with van der Waals surface area (Å²) in [5.41, 5.74) is 7.13. The number of halogens is 2. The minimum absolute atomic E-state index is 0.337. The molecule has 0 aliphatic carbocycles. The zero-order chi connectivity index (χ0) is 14.5. The van der Waals surface area contributed by atoms with Crippen LogP contribution >= 0.6 is 11.6 Å². The lowest BCUT2D eigenvalue weighted by atomic mass is 10.1. The predicted molar refractivity (Wildman–Crippen MR) is 76.9 cm³/mol. The number of hydrogen-bond donors (Lipinski definition) is 2. The number of hydrogen-bond acceptors (Lipinski definition) is 2. The first-order valence-electron chi connectivity index (χ1n) is 6.09. The summed E-state index contributed by atoms with van der Waals surface area (Å²) in [5.74, 6) is -0.800. The summed E-state index contributed by atoms with van der Waals surface area (Å²) in [6.45, 7) is 0.896. The van der Waals surface area contributed by atoms with Crippen molar-refractivity contribution in [2.45, 2.75) is 13.1 Å². The highest BCUT2D eigenvalue weighted by Crippen LogP contribution is 2.14. The Labute approximate surface area is 121 Å². The van der Waals surface area contributed by atoms with Gasteiger partial charge in [-0.2, -0.15) is 0 Å². The number of carbonyl (C=O) groups is 1. The first kappa shape index (κ1) is 14.5. The van der Waals surface area contributed by atoms with Crippen molar-refractivity contribution in [3.63, 3.8) is 0 Å². The molecule has 0 spiro atoms. The van der Waals surface area contributed by atoms with Crippen molar-refractivity contribution >= 4 is 17.5 Å². The molecule has 0 unspecified atom stereocenters. The van der Waals surface area contributed by atoms with Crippen LogP contribution in [0.4, 0.5) is 4.39 Å². The maximum atomic E-state index is 13.6. The third-order valence-corrected chi connectivity index (χ3v) is 3.11. The second-order valence-electron chi connectivity index (χ2n) is 4.40. The molecule has 1 amide bonds. The minimum atomic E-state index is -0.462. The van der Waals surface area contributed by atoms with Crippen LogP contribution in [0.1, 0.15) is 21.5 Å². The van der Waals surface area contributed by atoms with Gasteiger partial charge >= 0.3 is 0 Å². The zero-order valence-electron chi connectivity index (χ0n) is 10.7. The number of nitrogens with one attached hydrogen (secondary N) is 1. The summed E-state index contributed by atoms with van der Waals surface area (Å²) in [5, 5.41) is 3.48. The Balaban J connectivity index is 1.96. The molecule has 0 heterocycles. The van der Waals surface area contributed by atoms with E-state index < -0.39 is 5.91 Å². The molecular weight excluding hydrogens is 279 g/mol. The third kappa shape index (κ3) is 3.79. The van der Waals surface area contributed by atoms with Gasteiger partial charge in [0.15, 0.2) is 0 Å². The van der Waals surface area contributed by atoms with Crippen molar-refractivity contribution in [1.29, 1.82) is 0 Å². The maximum Gasteiger partial charge on any atom is 0.248 e. The second kappa shape index (κ2) is 6.50. The number of carbonyl (C=O) groups excluding carboxylic acids is 1. The first-order valence-corrected chi connectivity index (χ1v) is 6.47. The summed E-state index contributed by atoms with van der Waals surface area (Å²) in [4.78, 5) is 11.1. The molecule has 20 heavy (non-hydrogen) atoms. The van der Waals surface area contributed by atoms with Crippen molar-refractivity contribution in [3.8, 4) is 0 Å². The molecule has 0 aliphatic heterocycles. The number of rotatable bonds is 5. The van der Waals surface area contributed by atoms with Crippen LogP contribution in [0.3, 0.4) is 0 Å². The quantitative estimate of drug-likeness (QED) is 0.890. The number of benzene rings is 2. The van der Waals surface area contributed by atoms with Crippen molar-refractivity contribution in [3.05, 3.63) is 70.0 Å². The van der Waals surface area contributed by atoms with E-state index in [1.54, 1.807) is 30.3 Å². The maximum absolute atomic E-state index is 13.6. The van der Waals surface area contributed by atoms with Gasteiger partial charge in [-0.15, -0.1) is 0 Å². The van der Waals surface area contributed by atoms with E-state index in [1.807, 2.05) is 6.07 Å². The largest absolute Gasteiger partial charge is 0.366 e. The van der Waals surface area contributed by atoms with Crippen LogP contribution in [-0.2, 0) is 13.1 Å². The van der Waals surface area contributed by atoms with Crippen molar-refractivity contribution in [2.75, 3.05) is 0 Å². The molecule has 3 nitrogen and oxygen atoms in total. The first-order chi connectivity index (χ1) is 9.56. The molecule has 104 valence electrons. The van der Waals surface area contributed by atoms with E-state index in [1.165, 1.54) is 6.07 Å². The average molecular weight is 293 g/mol.